The predicted octanol–water partition coefficient (Wildman–Crippen LogP) is 1.66. The van der Waals surface area contributed by atoms with E-state index in [9.17, 15) is 33.9 Å². The van der Waals surface area contributed by atoms with Crippen molar-refractivity contribution in [1.29, 1.82) is 0 Å². The molecule has 3 aliphatic rings. The van der Waals surface area contributed by atoms with E-state index in [4.69, 9.17) is 62.4 Å². The Hall–Kier alpha value is -2.03. The van der Waals surface area contributed by atoms with Crippen molar-refractivity contribution in [3.8, 4) is 0 Å². The number of aliphatic hydroxyl groups is 2. The van der Waals surface area contributed by atoms with Crippen LogP contribution in [0.25, 0.3) is 22.2 Å². The van der Waals surface area contributed by atoms with Gasteiger partial charge in [-0.25, -0.2) is 24.1 Å². The fourth-order valence-corrected chi connectivity index (χ4v) is 7.94. The summed E-state index contributed by atoms with van der Waals surface area (Å²) in [4.78, 5) is 48.0. The quantitative estimate of drug-likeness (QED) is 0.183. The first-order chi connectivity index (χ1) is 21.7. The molecule has 0 spiro atoms. The summed E-state index contributed by atoms with van der Waals surface area (Å²) in [5, 5.41) is 22.3. The average Bonchev–Trinajstić information content (AvgIpc) is 3.71. The van der Waals surface area contributed by atoms with E-state index in [1.807, 2.05) is 0 Å². The molecular weight excluding hydrogens is 725 g/mol. The maximum Gasteiger partial charge on any atom is 0.472 e. The monoisotopic (exact) mass is 744 g/mol. The van der Waals surface area contributed by atoms with Gasteiger partial charge in [0.25, 0.3) is 5.56 Å². The zero-order valence-electron chi connectivity index (χ0n) is 22.6. The lowest BCUT2D eigenvalue weighted by molar-refractivity contribution is -0.0670. The number of hydrogen-bond donors (Lipinski definition) is 5. The first-order valence-corrected chi connectivity index (χ1v) is 17.3. The summed E-state index contributed by atoms with van der Waals surface area (Å²) in [7, 11) is -10.2. The molecule has 3 fully saturated rings. The molecule has 0 saturated carbocycles. The normalized spacial score (nSPS) is 37.2. The summed E-state index contributed by atoms with van der Waals surface area (Å²) < 4.78 is 61.3. The number of benzene rings is 1. The standard InChI is InChI=1S/C22H21Cl3N6O13P2/c23-7-1-9-10(2-8(7)24)31(22(25)29-9)21-17-14(32)11(41-21)3-39-45(35,36)43-16-12(4-40-46(37,38)44-17)42-20(15(16)33)30-6-28-13-18(30)26-5-27-19(13)34/h1-2,5-6,11-12,14-17,20-21,32-33H,3-4H2,(H,35,36)(H,37,38)(H,26,27,34)/t11-,12-,14+,15+,16?,17?,20-,21-/m1/s1. The van der Waals surface area contributed by atoms with Crippen LogP contribution in [0.4, 0.5) is 0 Å². The highest BCUT2D eigenvalue weighted by Crippen LogP contribution is 2.54. The molecule has 0 aliphatic carbocycles. The maximum atomic E-state index is 13.3. The van der Waals surface area contributed by atoms with Gasteiger partial charge in [0, 0.05) is 0 Å². The number of phosphoric ester groups is 2. The van der Waals surface area contributed by atoms with Crippen LogP contribution in [0.1, 0.15) is 12.5 Å². The van der Waals surface area contributed by atoms with Crippen LogP contribution in [0.2, 0.25) is 15.3 Å². The van der Waals surface area contributed by atoms with Crippen LogP contribution >= 0.6 is 50.4 Å². The number of hydrogen-bond acceptors (Lipinski definition) is 14. The van der Waals surface area contributed by atoms with Gasteiger partial charge < -0.3 is 34.5 Å². The van der Waals surface area contributed by atoms with E-state index >= 15 is 0 Å². The average molecular weight is 746 g/mol. The van der Waals surface area contributed by atoms with Crippen LogP contribution in [-0.2, 0) is 36.7 Å². The summed E-state index contributed by atoms with van der Waals surface area (Å²) in [5.41, 5.74) is -0.195. The van der Waals surface area contributed by atoms with E-state index in [1.54, 1.807) is 0 Å². The van der Waals surface area contributed by atoms with E-state index in [0.717, 1.165) is 12.7 Å². The van der Waals surface area contributed by atoms with Gasteiger partial charge in [0.2, 0.25) is 5.28 Å². The smallest absolute Gasteiger partial charge is 0.387 e. The minimum atomic E-state index is -5.13. The summed E-state index contributed by atoms with van der Waals surface area (Å²) in [6, 6.07) is 2.81. The van der Waals surface area contributed by atoms with Gasteiger partial charge in [0.05, 0.1) is 46.9 Å². The minimum Gasteiger partial charge on any atom is -0.387 e. The van der Waals surface area contributed by atoms with Gasteiger partial charge in [-0.1, -0.05) is 23.2 Å². The lowest BCUT2D eigenvalue weighted by atomic mass is 10.1. The van der Waals surface area contributed by atoms with Crippen LogP contribution in [0.15, 0.2) is 29.6 Å². The molecule has 19 nitrogen and oxygen atoms in total. The molecule has 3 aromatic heterocycles. The fourth-order valence-electron chi connectivity index (χ4n) is 5.45. The fraction of sp³-hybridized carbons (Fsp3) is 0.455. The summed E-state index contributed by atoms with van der Waals surface area (Å²) in [6.07, 6.45) is -10.6. The van der Waals surface area contributed by atoms with Crippen LogP contribution in [-0.4, -0.2) is 98.9 Å². The number of halogens is 3. The molecule has 1 aromatic carbocycles. The Morgan fingerprint density at radius 2 is 1.54 bits per heavy atom. The molecule has 7 rings (SSSR count). The van der Waals surface area contributed by atoms with Gasteiger partial charge in [-0.3, -0.25) is 32.0 Å². The van der Waals surface area contributed by atoms with Crippen molar-refractivity contribution in [3.63, 3.8) is 0 Å². The van der Waals surface area contributed by atoms with Crippen molar-refractivity contribution in [1.82, 2.24) is 29.1 Å². The molecule has 5 N–H and O–H groups in total. The predicted molar refractivity (Wildman–Crippen MR) is 154 cm³/mol. The second-order valence-electron chi connectivity index (χ2n) is 10.3. The Labute approximate surface area is 270 Å². The van der Waals surface area contributed by atoms with Gasteiger partial charge >= 0.3 is 15.6 Å². The van der Waals surface area contributed by atoms with Gasteiger partial charge in [-0.15, -0.1) is 0 Å². The number of fused-ring (bicyclic) bond motifs is 5. The SMILES string of the molecule is O=c1[nH]cnc2c1ncn2[C@@H]1O[C@@H]2COP(=O)(O)OC3[C@@H](O)[C@@H](COP(=O)(O)OC2[C@@H]1O)O[C@H]3n1c(Cl)nc2cc(Cl)c(Cl)cc21. The molecule has 46 heavy (non-hydrogen) atoms. The molecule has 3 saturated heterocycles. The minimum absolute atomic E-state index is 0.00915. The van der Waals surface area contributed by atoms with Crippen molar-refractivity contribution in [2.45, 2.75) is 49.1 Å². The van der Waals surface area contributed by atoms with Crippen molar-refractivity contribution in [2.24, 2.45) is 0 Å². The molecule has 0 amide bonds. The number of imidazole rings is 2. The third kappa shape index (κ3) is 5.72. The Morgan fingerprint density at radius 3 is 2.28 bits per heavy atom. The van der Waals surface area contributed by atoms with Gasteiger partial charge in [0.1, 0.15) is 36.6 Å². The van der Waals surface area contributed by atoms with Crippen molar-refractivity contribution in [3.05, 3.63) is 50.5 Å². The van der Waals surface area contributed by atoms with Gasteiger partial charge in [0.15, 0.2) is 23.6 Å². The number of aromatic amines is 1. The van der Waals surface area contributed by atoms with E-state index < -0.39 is 83.5 Å². The number of ether oxygens (including phenoxy) is 2. The first-order valence-electron chi connectivity index (χ1n) is 13.1. The third-order valence-corrected chi connectivity index (χ3v) is 10.5. The van der Waals surface area contributed by atoms with E-state index in [0.29, 0.717) is 0 Å². The van der Waals surface area contributed by atoms with Crippen LogP contribution in [0.5, 0.6) is 0 Å². The van der Waals surface area contributed by atoms with Crippen molar-refractivity contribution in [2.75, 3.05) is 13.2 Å². The molecule has 2 bridgehead atoms. The summed E-state index contributed by atoms with van der Waals surface area (Å²) >= 11 is 18.7. The molecule has 24 heteroatoms. The maximum absolute atomic E-state index is 13.3. The zero-order valence-corrected chi connectivity index (χ0v) is 26.6. The highest BCUT2D eigenvalue weighted by Gasteiger charge is 2.54. The van der Waals surface area contributed by atoms with Gasteiger partial charge in [-0.05, 0) is 23.7 Å². The van der Waals surface area contributed by atoms with E-state index in [1.165, 1.54) is 21.3 Å². The van der Waals surface area contributed by atoms with Gasteiger partial charge in [-0.2, -0.15) is 0 Å². The van der Waals surface area contributed by atoms with Crippen molar-refractivity contribution >= 4 is 72.6 Å². The van der Waals surface area contributed by atoms with E-state index in [-0.39, 0.29) is 37.5 Å². The molecular formula is C22H21Cl3N6O13P2. The molecule has 3 aliphatic heterocycles. The molecule has 6 heterocycles. The number of aromatic nitrogens is 6. The Morgan fingerprint density at radius 1 is 0.891 bits per heavy atom. The molecule has 0 radical (unpaired) electrons. The molecule has 4 unspecified atom stereocenters. The van der Waals surface area contributed by atoms with Crippen LogP contribution in [0, 0.1) is 0 Å². The lowest BCUT2D eigenvalue weighted by Gasteiger charge is -2.26. The number of nitrogens with one attached hydrogen (secondary N) is 1. The Bertz CT molecular complexity index is 1990. The number of rotatable bonds is 2. The third-order valence-electron chi connectivity index (χ3n) is 7.52. The molecule has 248 valence electrons. The number of nitrogens with zero attached hydrogens (tertiary/aromatic N) is 5. The summed E-state index contributed by atoms with van der Waals surface area (Å²) in [5.74, 6) is 0. The lowest BCUT2D eigenvalue weighted by Crippen LogP contribution is -2.36. The highest BCUT2D eigenvalue weighted by molar-refractivity contribution is 7.47. The Kier molecular flexibility index (Phi) is 8.37. The Balaban J connectivity index is 1.22. The number of aliphatic hydroxyl groups excluding tert-OH is 2. The number of H-pyrrole nitrogens is 1. The first kappa shape index (κ1) is 32.5. The summed E-state index contributed by atoms with van der Waals surface area (Å²) in [6.45, 7) is -1.66. The largest absolute Gasteiger partial charge is 0.472 e. The van der Waals surface area contributed by atoms with Crippen LogP contribution < -0.4 is 5.56 Å². The topological polar surface area (TPSA) is 252 Å². The second-order valence-corrected chi connectivity index (χ2v) is 14.3. The molecule has 4 aromatic rings. The van der Waals surface area contributed by atoms with Crippen LogP contribution in [0.3, 0.4) is 0 Å². The number of phosphoric acid groups is 2. The van der Waals surface area contributed by atoms with E-state index in [2.05, 4.69) is 19.9 Å². The second kappa shape index (κ2) is 11.8. The molecule has 10 atom stereocenters. The highest BCUT2D eigenvalue weighted by atomic mass is 35.5. The van der Waals surface area contributed by atoms with Crippen molar-refractivity contribution < 1.29 is 56.7 Å². The zero-order chi connectivity index (χ0) is 32.7.